The number of carbonyl (C=O) groups is 1. The monoisotopic (exact) mass is 477 g/mol. The van der Waals surface area contributed by atoms with Crippen LogP contribution in [0.2, 0.25) is 5.02 Å². The molecule has 1 aromatic rings. The van der Waals surface area contributed by atoms with Gasteiger partial charge in [-0.3, -0.25) is 9.79 Å². The number of piperidine rings is 1. The van der Waals surface area contributed by atoms with Crippen LogP contribution in [0.15, 0.2) is 34.2 Å². The maximum absolute atomic E-state index is 12.9. The molecule has 1 saturated heterocycles. The van der Waals surface area contributed by atoms with Gasteiger partial charge in [-0.15, -0.1) is 0 Å². The lowest BCUT2D eigenvalue weighted by Gasteiger charge is -2.34. The van der Waals surface area contributed by atoms with Gasteiger partial charge in [0.1, 0.15) is 11.4 Å². The number of alkyl halides is 3. The van der Waals surface area contributed by atoms with Gasteiger partial charge >= 0.3 is 6.18 Å². The highest BCUT2D eigenvalue weighted by Gasteiger charge is 2.49. The fourth-order valence-electron chi connectivity index (χ4n) is 4.64. The van der Waals surface area contributed by atoms with E-state index in [4.69, 9.17) is 11.6 Å². The van der Waals surface area contributed by atoms with Crippen molar-refractivity contribution in [3.8, 4) is 0 Å². The number of amides is 1. The first kappa shape index (κ1) is 22.5. The lowest BCUT2D eigenvalue weighted by Crippen LogP contribution is -2.50. The van der Waals surface area contributed by atoms with E-state index >= 15 is 0 Å². The van der Waals surface area contributed by atoms with Gasteiger partial charge in [0, 0.05) is 24.0 Å². The molecule has 0 unspecified atom stereocenters. The van der Waals surface area contributed by atoms with Gasteiger partial charge in [0.15, 0.2) is 0 Å². The summed E-state index contributed by atoms with van der Waals surface area (Å²) in [6.45, 7) is 0.250. The highest BCUT2D eigenvalue weighted by Crippen LogP contribution is 2.41. The SMILES string of the molecule is O=C1NC(C2CCC(C(F)(F)F)CC2)=NC12CCN(S(=O)(=O)c1cccc(Cl)c1)CC2. The van der Waals surface area contributed by atoms with Gasteiger partial charge in [0.05, 0.1) is 10.8 Å². The highest BCUT2D eigenvalue weighted by molar-refractivity contribution is 7.89. The van der Waals surface area contributed by atoms with Gasteiger partial charge in [-0.25, -0.2) is 8.42 Å². The van der Waals surface area contributed by atoms with E-state index < -0.39 is 27.7 Å². The largest absolute Gasteiger partial charge is 0.391 e. The second kappa shape index (κ2) is 8.04. The van der Waals surface area contributed by atoms with Crippen LogP contribution in [-0.4, -0.2) is 49.3 Å². The summed E-state index contributed by atoms with van der Waals surface area (Å²) in [6.07, 6.45) is -3.03. The number of sulfonamides is 1. The number of benzene rings is 1. The summed E-state index contributed by atoms with van der Waals surface area (Å²) in [5, 5.41) is 3.09. The fourth-order valence-corrected chi connectivity index (χ4v) is 6.38. The number of hydrogen-bond donors (Lipinski definition) is 1. The Kier molecular flexibility index (Phi) is 5.85. The number of nitrogens with one attached hydrogen (secondary N) is 1. The molecular formula is C20H23ClF3N3O3S. The summed E-state index contributed by atoms with van der Waals surface area (Å²) < 4.78 is 65.8. The average Bonchev–Trinajstić information content (AvgIpc) is 3.03. The van der Waals surface area contributed by atoms with Gasteiger partial charge in [-0.1, -0.05) is 17.7 Å². The number of carbonyl (C=O) groups excluding carboxylic acids is 1. The molecule has 11 heteroatoms. The van der Waals surface area contributed by atoms with Crippen molar-refractivity contribution in [2.75, 3.05) is 13.1 Å². The van der Waals surface area contributed by atoms with E-state index in [1.807, 2.05) is 0 Å². The van der Waals surface area contributed by atoms with Crippen molar-refractivity contribution in [2.24, 2.45) is 16.8 Å². The minimum Gasteiger partial charge on any atom is -0.312 e. The molecule has 3 aliphatic rings. The first-order chi connectivity index (χ1) is 14.5. The van der Waals surface area contributed by atoms with Crippen LogP contribution in [0.25, 0.3) is 0 Å². The Morgan fingerprint density at radius 2 is 1.77 bits per heavy atom. The molecule has 1 amide bonds. The van der Waals surface area contributed by atoms with Crippen LogP contribution in [-0.2, 0) is 14.8 Å². The maximum atomic E-state index is 12.9. The molecule has 1 aromatic carbocycles. The predicted molar refractivity (Wildman–Crippen MR) is 109 cm³/mol. The second-order valence-corrected chi connectivity index (χ2v) is 10.8. The van der Waals surface area contributed by atoms with Crippen LogP contribution >= 0.6 is 11.6 Å². The van der Waals surface area contributed by atoms with Crippen molar-refractivity contribution in [3.63, 3.8) is 0 Å². The van der Waals surface area contributed by atoms with E-state index in [1.165, 1.54) is 16.4 Å². The van der Waals surface area contributed by atoms with Crippen molar-refractivity contribution >= 4 is 33.4 Å². The van der Waals surface area contributed by atoms with Crippen LogP contribution in [0, 0.1) is 11.8 Å². The molecule has 0 bridgehead atoms. The number of halogens is 4. The van der Waals surface area contributed by atoms with Gasteiger partial charge < -0.3 is 5.32 Å². The first-order valence-corrected chi connectivity index (χ1v) is 12.1. The minimum absolute atomic E-state index is 0.0295. The quantitative estimate of drug-likeness (QED) is 0.720. The zero-order chi connectivity index (χ0) is 22.4. The molecule has 4 rings (SSSR count). The molecule has 2 fully saturated rings. The number of hydrogen-bond acceptors (Lipinski definition) is 4. The van der Waals surface area contributed by atoms with Crippen molar-refractivity contribution < 1.29 is 26.4 Å². The normalized spacial score (nSPS) is 27.2. The van der Waals surface area contributed by atoms with E-state index in [-0.39, 0.29) is 55.5 Å². The second-order valence-electron chi connectivity index (χ2n) is 8.43. The van der Waals surface area contributed by atoms with E-state index in [2.05, 4.69) is 10.3 Å². The Morgan fingerprint density at radius 3 is 2.35 bits per heavy atom. The molecule has 170 valence electrons. The van der Waals surface area contributed by atoms with Gasteiger partial charge in [-0.05, 0) is 56.7 Å². The average molecular weight is 478 g/mol. The summed E-state index contributed by atoms with van der Waals surface area (Å²) in [7, 11) is -3.74. The molecule has 2 heterocycles. The van der Waals surface area contributed by atoms with Crippen LogP contribution < -0.4 is 5.32 Å². The molecule has 2 aliphatic heterocycles. The van der Waals surface area contributed by atoms with E-state index in [1.54, 1.807) is 12.1 Å². The number of aliphatic imine (C=N–C) groups is 1. The fraction of sp³-hybridized carbons (Fsp3) is 0.600. The Balaban J connectivity index is 1.43. The van der Waals surface area contributed by atoms with Crippen molar-refractivity contribution in [1.29, 1.82) is 0 Å². The Hall–Kier alpha value is -1.65. The first-order valence-electron chi connectivity index (χ1n) is 10.2. The van der Waals surface area contributed by atoms with Gasteiger partial charge in [0.2, 0.25) is 10.0 Å². The van der Waals surface area contributed by atoms with Crippen LogP contribution in [0.3, 0.4) is 0 Å². The lowest BCUT2D eigenvalue weighted by molar-refractivity contribution is -0.182. The molecule has 0 atom stereocenters. The van der Waals surface area contributed by atoms with Gasteiger partial charge in [-0.2, -0.15) is 17.5 Å². The number of nitrogens with zero attached hydrogens (tertiary/aromatic N) is 2. The zero-order valence-corrected chi connectivity index (χ0v) is 18.2. The summed E-state index contributed by atoms with van der Waals surface area (Å²) in [6, 6.07) is 6.01. The summed E-state index contributed by atoms with van der Waals surface area (Å²) in [4.78, 5) is 17.4. The van der Waals surface area contributed by atoms with Crippen LogP contribution in [0.4, 0.5) is 13.2 Å². The third-order valence-electron chi connectivity index (χ3n) is 6.56. The highest BCUT2D eigenvalue weighted by atomic mass is 35.5. The smallest absolute Gasteiger partial charge is 0.312 e. The number of amidine groups is 1. The summed E-state index contributed by atoms with van der Waals surface area (Å²) in [5.74, 6) is -1.33. The molecule has 0 radical (unpaired) electrons. The molecular weight excluding hydrogens is 455 g/mol. The maximum Gasteiger partial charge on any atom is 0.391 e. The zero-order valence-electron chi connectivity index (χ0n) is 16.7. The van der Waals surface area contributed by atoms with Crippen molar-refractivity contribution in [2.45, 2.75) is 55.1 Å². The molecule has 6 nitrogen and oxygen atoms in total. The topological polar surface area (TPSA) is 78.8 Å². The summed E-state index contributed by atoms with van der Waals surface area (Å²) >= 11 is 5.92. The predicted octanol–water partition coefficient (Wildman–Crippen LogP) is 3.76. The van der Waals surface area contributed by atoms with E-state index in [9.17, 15) is 26.4 Å². The van der Waals surface area contributed by atoms with Crippen LogP contribution in [0.1, 0.15) is 38.5 Å². The van der Waals surface area contributed by atoms with E-state index in [0.29, 0.717) is 23.7 Å². The minimum atomic E-state index is -4.19. The Bertz CT molecular complexity index is 996. The standard InChI is InChI=1S/C20H23ClF3N3O3S/c21-15-2-1-3-16(12-15)31(29,30)27-10-8-19(9-11-27)18(28)25-17(26-19)13-4-6-14(7-5-13)20(22,23)24/h1-3,12-14H,4-11H2,(H,25,26,28). The third kappa shape index (κ3) is 4.34. The van der Waals surface area contributed by atoms with Crippen LogP contribution in [0.5, 0.6) is 0 Å². The molecule has 31 heavy (non-hydrogen) atoms. The molecule has 1 spiro atoms. The van der Waals surface area contributed by atoms with Crippen molar-refractivity contribution in [1.82, 2.24) is 9.62 Å². The molecule has 1 N–H and O–H groups in total. The lowest BCUT2D eigenvalue weighted by atomic mass is 9.81. The third-order valence-corrected chi connectivity index (χ3v) is 8.69. The summed E-state index contributed by atoms with van der Waals surface area (Å²) in [5.41, 5.74) is -1.05. The van der Waals surface area contributed by atoms with Gasteiger partial charge in [0.25, 0.3) is 5.91 Å². The molecule has 1 saturated carbocycles. The molecule has 0 aromatic heterocycles. The van der Waals surface area contributed by atoms with E-state index in [0.717, 1.165) is 0 Å². The Labute approximate surface area is 183 Å². The van der Waals surface area contributed by atoms with Crippen molar-refractivity contribution in [3.05, 3.63) is 29.3 Å². The number of rotatable bonds is 3. The molecule has 1 aliphatic carbocycles. The Morgan fingerprint density at radius 1 is 1.13 bits per heavy atom.